The maximum absolute atomic E-state index is 12.4. The number of benzene rings is 1. The molecule has 1 fully saturated rings. The van der Waals surface area contributed by atoms with E-state index >= 15 is 0 Å². The number of aliphatic hydroxyl groups excluding tert-OH is 1. The van der Waals surface area contributed by atoms with Crippen LogP contribution in [0.3, 0.4) is 0 Å². The van der Waals surface area contributed by atoms with Crippen LogP contribution in [-0.4, -0.2) is 52.9 Å². The van der Waals surface area contributed by atoms with E-state index in [1.807, 2.05) is 6.92 Å². The van der Waals surface area contributed by atoms with Gasteiger partial charge >= 0.3 is 0 Å². The van der Waals surface area contributed by atoms with Crippen LogP contribution in [0.25, 0.3) is 0 Å². The highest BCUT2D eigenvalue weighted by atomic mass is 35.5. The lowest BCUT2D eigenvalue weighted by atomic mass is 10.1. The molecular formula is C13H16ClNO4. The molecule has 2 unspecified atom stereocenters. The van der Waals surface area contributed by atoms with Gasteiger partial charge in [0, 0.05) is 12.1 Å². The van der Waals surface area contributed by atoms with Crippen LogP contribution in [0, 0.1) is 0 Å². The van der Waals surface area contributed by atoms with E-state index in [1.165, 1.54) is 18.2 Å². The SMILES string of the molecule is CC1COC(CO)CN1C(=O)c1ccc(O)c(Cl)c1. The van der Waals surface area contributed by atoms with Gasteiger partial charge in [-0.05, 0) is 25.1 Å². The molecule has 0 spiro atoms. The van der Waals surface area contributed by atoms with E-state index in [-0.39, 0.29) is 35.4 Å². The number of nitrogens with zero attached hydrogens (tertiary/aromatic N) is 1. The Morgan fingerprint density at radius 1 is 1.58 bits per heavy atom. The highest BCUT2D eigenvalue weighted by Crippen LogP contribution is 2.25. The first-order valence-electron chi connectivity index (χ1n) is 6.05. The summed E-state index contributed by atoms with van der Waals surface area (Å²) in [6, 6.07) is 4.29. The molecule has 5 nitrogen and oxygen atoms in total. The molecule has 1 saturated heterocycles. The summed E-state index contributed by atoms with van der Waals surface area (Å²) in [5.74, 6) is -0.238. The first-order chi connectivity index (χ1) is 9.02. The molecule has 1 heterocycles. The summed E-state index contributed by atoms with van der Waals surface area (Å²) in [6.45, 7) is 2.50. The van der Waals surface area contributed by atoms with Gasteiger partial charge in [0.1, 0.15) is 5.75 Å². The van der Waals surface area contributed by atoms with Gasteiger partial charge in [0.15, 0.2) is 0 Å². The van der Waals surface area contributed by atoms with Crippen LogP contribution in [0.4, 0.5) is 0 Å². The Hall–Kier alpha value is -1.30. The summed E-state index contributed by atoms with van der Waals surface area (Å²) in [5, 5.41) is 18.6. The fraction of sp³-hybridized carbons (Fsp3) is 0.462. The number of amides is 1. The maximum atomic E-state index is 12.4. The Labute approximate surface area is 116 Å². The number of ether oxygens (including phenoxy) is 1. The standard InChI is InChI=1S/C13H16ClNO4/c1-8-7-19-10(6-16)5-15(8)13(18)9-2-3-12(17)11(14)4-9/h2-4,8,10,16-17H,5-7H2,1H3. The van der Waals surface area contributed by atoms with Crippen LogP contribution in [0.15, 0.2) is 18.2 Å². The van der Waals surface area contributed by atoms with Crippen molar-refractivity contribution in [2.75, 3.05) is 19.8 Å². The van der Waals surface area contributed by atoms with Crippen LogP contribution in [0.5, 0.6) is 5.75 Å². The molecule has 19 heavy (non-hydrogen) atoms. The molecule has 2 atom stereocenters. The van der Waals surface area contributed by atoms with E-state index in [9.17, 15) is 9.90 Å². The minimum Gasteiger partial charge on any atom is -0.506 e. The maximum Gasteiger partial charge on any atom is 0.254 e. The molecule has 1 aliphatic heterocycles. The Balaban J connectivity index is 2.19. The number of phenols is 1. The molecule has 0 radical (unpaired) electrons. The number of halogens is 1. The molecule has 6 heteroatoms. The minimum absolute atomic E-state index is 0.0542. The number of aromatic hydroxyl groups is 1. The van der Waals surface area contributed by atoms with Crippen molar-refractivity contribution in [1.82, 2.24) is 4.90 Å². The van der Waals surface area contributed by atoms with E-state index in [0.717, 1.165) is 0 Å². The summed E-state index contributed by atoms with van der Waals surface area (Å²) in [5.41, 5.74) is 0.410. The van der Waals surface area contributed by atoms with Gasteiger partial charge in [-0.2, -0.15) is 0 Å². The number of carbonyl (C=O) groups is 1. The van der Waals surface area contributed by atoms with Gasteiger partial charge in [-0.1, -0.05) is 11.6 Å². The van der Waals surface area contributed by atoms with Crippen LogP contribution in [0.1, 0.15) is 17.3 Å². The predicted molar refractivity (Wildman–Crippen MR) is 70.4 cm³/mol. The van der Waals surface area contributed by atoms with Gasteiger partial charge in [-0.3, -0.25) is 4.79 Å². The Morgan fingerprint density at radius 2 is 2.32 bits per heavy atom. The normalized spacial score (nSPS) is 23.4. The number of hydrogen-bond acceptors (Lipinski definition) is 4. The van der Waals surface area contributed by atoms with Crippen molar-refractivity contribution in [2.24, 2.45) is 0 Å². The lowest BCUT2D eigenvalue weighted by Gasteiger charge is -2.37. The fourth-order valence-electron chi connectivity index (χ4n) is 2.02. The van der Waals surface area contributed by atoms with Crippen molar-refractivity contribution in [2.45, 2.75) is 19.1 Å². The van der Waals surface area contributed by atoms with Crippen molar-refractivity contribution in [3.63, 3.8) is 0 Å². The zero-order chi connectivity index (χ0) is 14.0. The zero-order valence-electron chi connectivity index (χ0n) is 10.5. The molecule has 0 aliphatic carbocycles. The van der Waals surface area contributed by atoms with Gasteiger partial charge < -0.3 is 19.8 Å². The van der Waals surface area contributed by atoms with Gasteiger partial charge in [0.05, 0.1) is 30.4 Å². The smallest absolute Gasteiger partial charge is 0.254 e. The van der Waals surface area contributed by atoms with Crippen molar-refractivity contribution >= 4 is 17.5 Å². The third kappa shape index (κ3) is 3.00. The molecule has 0 saturated carbocycles. The third-order valence-electron chi connectivity index (χ3n) is 3.16. The van der Waals surface area contributed by atoms with Gasteiger partial charge in [0.2, 0.25) is 0 Å². The Kier molecular flexibility index (Phi) is 4.29. The van der Waals surface area contributed by atoms with Gasteiger partial charge in [-0.15, -0.1) is 0 Å². The van der Waals surface area contributed by atoms with E-state index < -0.39 is 0 Å². The van der Waals surface area contributed by atoms with Crippen LogP contribution < -0.4 is 0 Å². The molecular weight excluding hydrogens is 270 g/mol. The zero-order valence-corrected chi connectivity index (χ0v) is 11.3. The summed E-state index contributed by atoms with van der Waals surface area (Å²) in [7, 11) is 0. The highest BCUT2D eigenvalue weighted by molar-refractivity contribution is 6.32. The number of morpholine rings is 1. The van der Waals surface area contributed by atoms with Crippen molar-refractivity contribution in [1.29, 1.82) is 0 Å². The number of hydrogen-bond donors (Lipinski definition) is 2. The minimum atomic E-state index is -0.354. The molecule has 1 aromatic carbocycles. The molecule has 0 aromatic heterocycles. The largest absolute Gasteiger partial charge is 0.506 e. The molecule has 104 valence electrons. The quantitative estimate of drug-likeness (QED) is 0.858. The molecule has 2 rings (SSSR count). The second-order valence-corrected chi connectivity index (χ2v) is 5.02. The van der Waals surface area contributed by atoms with Crippen molar-refractivity contribution in [3.05, 3.63) is 28.8 Å². The van der Waals surface area contributed by atoms with E-state index in [2.05, 4.69) is 0 Å². The lowest BCUT2D eigenvalue weighted by molar-refractivity contribution is -0.0667. The second-order valence-electron chi connectivity index (χ2n) is 4.61. The fourth-order valence-corrected chi connectivity index (χ4v) is 2.20. The molecule has 1 amide bonds. The Morgan fingerprint density at radius 3 is 2.95 bits per heavy atom. The summed E-state index contributed by atoms with van der Waals surface area (Å²) >= 11 is 5.80. The average molecular weight is 286 g/mol. The van der Waals surface area contributed by atoms with Crippen molar-refractivity contribution < 1.29 is 19.7 Å². The monoisotopic (exact) mass is 285 g/mol. The topological polar surface area (TPSA) is 70.0 Å². The first kappa shape index (κ1) is 14.1. The van der Waals surface area contributed by atoms with Crippen LogP contribution in [-0.2, 0) is 4.74 Å². The summed E-state index contributed by atoms with van der Waals surface area (Å²) < 4.78 is 5.39. The van der Waals surface area contributed by atoms with Gasteiger partial charge in [-0.25, -0.2) is 0 Å². The highest BCUT2D eigenvalue weighted by Gasteiger charge is 2.30. The van der Waals surface area contributed by atoms with E-state index in [1.54, 1.807) is 4.90 Å². The van der Waals surface area contributed by atoms with E-state index in [0.29, 0.717) is 18.7 Å². The van der Waals surface area contributed by atoms with Crippen molar-refractivity contribution in [3.8, 4) is 5.75 Å². The summed E-state index contributed by atoms with van der Waals surface area (Å²) in [6.07, 6.45) is -0.354. The molecule has 1 aliphatic rings. The van der Waals surface area contributed by atoms with Crippen LogP contribution >= 0.6 is 11.6 Å². The number of phenolic OH excluding ortho intramolecular Hbond substituents is 1. The molecule has 2 N–H and O–H groups in total. The lowest BCUT2D eigenvalue weighted by Crippen LogP contribution is -2.52. The average Bonchev–Trinajstić information content (AvgIpc) is 2.41. The number of rotatable bonds is 2. The molecule has 0 bridgehead atoms. The number of aliphatic hydroxyl groups is 1. The van der Waals surface area contributed by atoms with E-state index in [4.69, 9.17) is 21.4 Å². The third-order valence-corrected chi connectivity index (χ3v) is 3.47. The second kappa shape index (κ2) is 5.77. The Bertz CT molecular complexity index is 480. The summed E-state index contributed by atoms with van der Waals surface area (Å²) in [4.78, 5) is 14.0. The number of carbonyl (C=O) groups excluding carboxylic acids is 1. The molecule has 1 aromatic rings. The van der Waals surface area contributed by atoms with Gasteiger partial charge in [0.25, 0.3) is 5.91 Å². The first-order valence-corrected chi connectivity index (χ1v) is 6.42. The van der Waals surface area contributed by atoms with Crippen LogP contribution in [0.2, 0.25) is 5.02 Å². The predicted octanol–water partition coefficient (Wildman–Crippen LogP) is 1.27.